The second-order valence-electron chi connectivity index (χ2n) is 6.42. The van der Waals surface area contributed by atoms with Crippen molar-refractivity contribution in [2.24, 2.45) is 0 Å². The Hall–Kier alpha value is -3.43. The summed E-state index contributed by atoms with van der Waals surface area (Å²) in [6.07, 6.45) is 0. The van der Waals surface area contributed by atoms with Crippen molar-refractivity contribution in [2.75, 3.05) is 0 Å². The van der Waals surface area contributed by atoms with E-state index >= 15 is 0 Å². The summed E-state index contributed by atoms with van der Waals surface area (Å²) in [6, 6.07) is 26.2. The maximum Gasteiger partial charge on any atom is 0.192 e. The van der Waals surface area contributed by atoms with E-state index in [0.717, 1.165) is 11.1 Å². The summed E-state index contributed by atoms with van der Waals surface area (Å²) < 4.78 is 16.4. The van der Waals surface area contributed by atoms with Crippen LogP contribution in [-0.4, -0.2) is 14.8 Å². The molecule has 1 heterocycles. The van der Waals surface area contributed by atoms with Gasteiger partial charge in [-0.1, -0.05) is 72.4 Å². The van der Waals surface area contributed by atoms with Crippen molar-refractivity contribution >= 4 is 11.8 Å². The molecule has 3 aromatic carbocycles. The molecule has 0 amide bonds. The van der Waals surface area contributed by atoms with Crippen LogP contribution in [-0.2, 0) is 12.3 Å². The summed E-state index contributed by atoms with van der Waals surface area (Å²) in [4.78, 5) is 0. The molecule has 0 fully saturated rings. The molecule has 0 N–H and O–H groups in total. The molecule has 6 heteroatoms. The van der Waals surface area contributed by atoms with E-state index in [-0.39, 0.29) is 5.82 Å². The van der Waals surface area contributed by atoms with Gasteiger partial charge in [-0.25, -0.2) is 4.39 Å². The topological polar surface area (TPSA) is 54.5 Å². The molecule has 29 heavy (non-hydrogen) atoms. The van der Waals surface area contributed by atoms with Crippen LogP contribution in [0.4, 0.5) is 4.39 Å². The fourth-order valence-corrected chi connectivity index (χ4v) is 3.99. The molecular weight excluding hydrogens is 383 g/mol. The second kappa shape index (κ2) is 8.72. The average Bonchev–Trinajstić information content (AvgIpc) is 3.15. The van der Waals surface area contributed by atoms with Crippen molar-refractivity contribution in [3.63, 3.8) is 0 Å². The van der Waals surface area contributed by atoms with E-state index in [0.29, 0.717) is 34.4 Å². The summed E-state index contributed by atoms with van der Waals surface area (Å²) in [7, 11) is 0. The van der Waals surface area contributed by atoms with Crippen molar-refractivity contribution in [3.05, 3.63) is 101 Å². The first-order valence-corrected chi connectivity index (χ1v) is 10.1. The molecule has 0 atom stereocenters. The molecule has 0 aliphatic carbocycles. The van der Waals surface area contributed by atoms with Gasteiger partial charge in [0.1, 0.15) is 5.82 Å². The van der Waals surface area contributed by atoms with Crippen LogP contribution in [0.3, 0.4) is 0 Å². The summed E-state index contributed by atoms with van der Waals surface area (Å²) in [5.41, 5.74) is 3.06. The van der Waals surface area contributed by atoms with Crippen LogP contribution in [0.1, 0.15) is 16.7 Å². The minimum atomic E-state index is -0.333. The Morgan fingerprint density at radius 2 is 1.62 bits per heavy atom. The van der Waals surface area contributed by atoms with E-state index in [1.54, 1.807) is 24.3 Å². The van der Waals surface area contributed by atoms with Crippen LogP contribution in [0.15, 0.2) is 84.0 Å². The average molecular weight is 400 g/mol. The maximum atomic E-state index is 14.4. The summed E-state index contributed by atoms with van der Waals surface area (Å²) >= 11 is 1.49. The standard InChI is InChI=1S/C23H17FN4S/c24-21-13-7-6-12-20(21)22-26-27-23(28(22)15-17-8-2-1-3-9-17)29-16-19-11-5-4-10-18(19)14-25/h1-13H,15-16H2. The van der Waals surface area contributed by atoms with Gasteiger partial charge >= 0.3 is 0 Å². The van der Waals surface area contributed by atoms with Crippen molar-refractivity contribution in [1.82, 2.24) is 14.8 Å². The maximum absolute atomic E-state index is 14.4. The number of benzene rings is 3. The molecule has 4 nitrogen and oxygen atoms in total. The molecular formula is C23H17FN4S. The highest BCUT2D eigenvalue weighted by Crippen LogP contribution is 2.29. The van der Waals surface area contributed by atoms with Gasteiger partial charge < -0.3 is 0 Å². The highest BCUT2D eigenvalue weighted by molar-refractivity contribution is 7.98. The first-order valence-electron chi connectivity index (χ1n) is 9.09. The first-order chi connectivity index (χ1) is 14.3. The SMILES string of the molecule is N#Cc1ccccc1CSc1nnc(-c2ccccc2F)n1Cc1ccccc1. The molecule has 0 radical (unpaired) electrons. The molecule has 4 rings (SSSR count). The number of rotatable bonds is 6. The van der Waals surface area contributed by atoms with E-state index in [4.69, 9.17) is 0 Å². The summed E-state index contributed by atoms with van der Waals surface area (Å²) in [6.45, 7) is 0.528. The van der Waals surface area contributed by atoms with Gasteiger partial charge in [0.25, 0.3) is 0 Å². The molecule has 1 aromatic heterocycles. The summed E-state index contributed by atoms with van der Waals surface area (Å²) in [5.74, 6) is 0.733. The lowest BCUT2D eigenvalue weighted by atomic mass is 10.1. The first kappa shape index (κ1) is 18.9. The third kappa shape index (κ3) is 4.20. The van der Waals surface area contributed by atoms with Crippen molar-refractivity contribution in [1.29, 1.82) is 5.26 Å². The molecule has 0 bridgehead atoms. The van der Waals surface area contributed by atoms with E-state index in [1.165, 1.54) is 17.8 Å². The van der Waals surface area contributed by atoms with Gasteiger partial charge in [0.2, 0.25) is 0 Å². The number of hydrogen-bond acceptors (Lipinski definition) is 4. The van der Waals surface area contributed by atoms with Crippen LogP contribution < -0.4 is 0 Å². The van der Waals surface area contributed by atoms with Gasteiger partial charge in [-0.05, 0) is 29.3 Å². The fourth-order valence-electron chi connectivity index (χ4n) is 3.04. The van der Waals surface area contributed by atoms with Crippen molar-refractivity contribution in [3.8, 4) is 17.5 Å². The molecule has 4 aromatic rings. The van der Waals surface area contributed by atoms with Crippen molar-refractivity contribution in [2.45, 2.75) is 17.5 Å². The number of nitrogens with zero attached hydrogens (tertiary/aromatic N) is 4. The smallest absolute Gasteiger partial charge is 0.192 e. The minimum Gasteiger partial charge on any atom is -0.297 e. The Bertz CT molecular complexity index is 1160. The zero-order valence-corrected chi connectivity index (χ0v) is 16.3. The Labute approximate surface area is 172 Å². The Morgan fingerprint density at radius 3 is 2.41 bits per heavy atom. The zero-order chi connectivity index (χ0) is 20.1. The molecule has 0 saturated heterocycles. The van der Waals surface area contributed by atoms with Gasteiger partial charge in [-0.3, -0.25) is 4.57 Å². The molecule has 0 aliphatic heterocycles. The Balaban J connectivity index is 1.70. The number of aromatic nitrogens is 3. The Kier molecular flexibility index (Phi) is 5.68. The van der Waals surface area contributed by atoms with Crippen LogP contribution in [0, 0.1) is 17.1 Å². The molecule has 0 unspecified atom stereocenters. The van der Waals surface area contributed by atoms with Crippen LogP contribution in [0.5, 0.6) is 0 Å². The van der Waals surface area contributed by atoms with E-state index < -0.39 is 0 Å². The molecule has 0 saturated carbocycles. The quantitative estimate of drug-likeness (QED) is 0.412. The Morgan fingerprint density at radius 1 is 0.897 bits per heavy atom. The van der Waals surface area contributed by atoms with E-state index in [2.05, 4.69) is 16.3 Å². The number of hydrogen-bond donors (Lipinski definition) is 0. The van der Waals surface area contributed by atoms with Crippen LogP contribution in [0.2, 0.25) is 0 Å². The van der Waals surface area contributed by atoms with Gasteiger partial charge in [0.05, 0.1) is 23.7 Å². The van der Waals surface area contributed by atoms with Gasteiger partial charge in [-0.15, -0.1) is 10.2 Å². The fraction of sp³-hybridized carbons (Fsp3) is 0.0870. The zero-order valence-electron chi connectivity index (χ0n) is 15.5. The van der Waals surface area contributed by atoms with Crippen molar-refractivity contribution < 1.29 is 4.39 Å². The van der Waals surface area contributed by atoms with Crippen LogP contribution >= 0.6 is 11.8 Å². The lowest BCUT2D eigenvalue weighted by Crippen LogP contribution is -2.05. The lowest BCUT2D eigenvalue weighted by molar-refractivity contribution is 0.626. The van der Waals surface area contributed by atoms with Crippen LogP contribution in [0.25, 0.3) is 11.4 Å². The highest BCUT2D eigenvalue weighted by Gasteiger charge is 2.18. The third-order valence-corrected chi connectivity index (χ3v) is 5.53. The normalized spacial score (nSPS) is 10.6. The number of nitriles is 1. The minimum absolute atomic E-state index is 0.333. The number of halogens is 1. The predicted molar refractivity (Wildman–Crippen MR) is 112 cm³/mol. The van der Waals surface area contributed by atoms with Gasteiger partial charge in [-0.2, -0.15) is 5.26 Å². The van der Waals surface area contributed by atoms with E-state index in [1.807, 2.05) is 53.1 Å². The monoisotopic (exact) mass is 400 g/mol. The summed E-state index contributed by atoms with van der Waals surface area (Å²) in [5, 5.41) is 18.6. The predicted octanol–water partition coefficient (Wildman–Crippen LogP) is 5.30. The molecule has 142 valence electrons. The van der Waals surface area contributed by atoms with Gasteiger partial charge in [0.15, 0.2) is 11.0 Å². The third-order valence-electron chi connectivity index (χ3n) is 4.51. The molecule has 0 spiro atoms. The highest BCUT2D eigenvalue weighted by atomic mass is 32.2. The largest absolute Gasteiger partial charge is 0.297 e. The second-order valence-corrected chi connectivity index (χ2v) is 7.36. The van der Waals surface area contributed by atoms with Gasteiger partial charge in [0, 0.05) is 5.75 Å². The number of thioether (sulfide) groups is 1. The molecule has 0 aliphatic rings. The lowest BCUT2D eigenvalue weighted by Gasteiger charge is -2.11. The van der Waals surface area contributed by atoms with E-state index in [9.17, 15) is 9.65 Å².